The zero-order valence-electron chi connectivity index (χ0n) is 17.9. The minimum absolute atomic E-state index is 0.282. The van der Waals surface area contributed by atoms with Crippen molar-refractivity contribution in [1.82, 2.24) is 5.32 Å². The molecular formula is C25H29NO5. The van der Waals surface area contributed by atoms with E-state index in [1.807, 2.05) is 62.4 Å². The van der Waals surface area contributed by atoms with E-state index in [-0.39, 0.29) is 24.2 Å². The van der Waals surface area contributed by atoms with E-state index in [1.165, 1.54) is 6.08 Å². The van der Waals surface area contributed by atoms with Crippen LogP contribution in [0.1, 0.15) is 25.0 Å². The molecule has 0 spiro atoms. The molecule has 0 saturated carbocycles. The summed E-state index contributed by atoms with van der Waals surface area (Å²) in [6.07, 6.45) is 2.15. The summed E-state index contributed by atoms with van der Waals surface area (Å²) >= 11 is 0. The van der Waals surface area contributed by atoms with Crippen LogP contribution < -0.4 is 5.32 Å². The van der Waals surface area contributed by atoms with Crippen molar-refractivity contribution in [3.8, 4) is 0 Å². The molecule has 1 N–H and O–H groups in total. The quantitative estimate of drug-likeness (QED) is 0.624. The van der Waals surface area contributed by atoms with E-state index in [4.69, 9.17) is 18.9 Å². The first kappa shape index (κ1) is 21.7. The minimum Gasteiger partial charge on any atom is -0.453 e. The molecule has 1 fully saturated rings. The first-order valence-corrected chi connectivity index (χ1v) is 10.6. The number of benzene rings is 2. The molecule has 2 heterocycles. The van der Waals surface area contributed by atoms with E-state index in [0.29, 0.717) is 19.8 Å². The van der Waals surface area contributed by atoms with Gasteiger partial charge in [-0.2, -0.15) is 0 Å². The minimum atomic E-state index is -0.759. The Kier molecular flexibility index (Phi) is 6.83. The lowest BCUT2D eigenvalue weighted by atomic mass is 9.99. The van der Waals surface area contributed by atoms with Crippen LogP contribution in [0.15, 0.2) is 72.8 Å². The van der Waals surface area contributed by atoms with E-state index >= 15 is 0 Å². The molecule has 0 bridgehead atoms. The largest absolute Gasteiger partial charge is 0.453 e. The third kappa shape index (κ3) is 5.80. The smallest absolute Gasteiger partial charge is 0.331 e. The van der Waals surface area contributed by atoms with E-state index in [1.54, 1.807) is 6.08 Å². The normalized spacial score (nSPS) is 25.5. The summed E-state index contributed by atoms with van der Waals surface area (Å²) < 4.78 is 23.9. The lowest BCUT2D eigenvalue weighted by Gasteiger charge is -2.30. The van der Waals surface area contributed by atoms with Gasteiger partial charge in [0.1, 0.15) is 18.3 Å². The lowest BCUT2D eigenvalue weighted by molar-refractivity contribution is -0.156. The van der Waals surface area contributed by atoms with E-state index in [2.05, 4.69) is 17.4 Å². The summed E-state index contributed by atoms with van der Waals surface area (Å²) in [6.45, 7) is 5.26. The molecule has 2 aliphatic rings. The molecule has 4 rings (SSSR count). The zero-order chi connectivity index (χ0) is 21.7. The van der Waals surface area contributed by atoms with Gasteiger partial charge < -0.3 is 24.3 Å². The van der Waals surface area contributed by atoms with E-state index in [9.17, 15) is 4.79 Å². The highest BCUT2D eigenvalue weighted by Crippen LogP contribution is 2.33. The van der Waals surface area contributed by atoms with Gasteiger partial charge in [-0.25, -0.2) is 4.79 Å². The second-order valence-electron chi connectivity index (χ2n) is 8.29. The van der Waals surface area contributed by atoms with Gasteiger partial charge in [-0.15, -0.1) is 0 Å². The maximum atomic E-state index is 11.8. The molecule has 2 aliphatic heterocycles. The average Bonchev–Trinajstić information content (AvgIpc) is 3.32. The maximum Gasteiger partial charge on any atom is 0.331 e. The van der Waals surface area contributed by atoms with Crippen molar-refractivity contribution < 1.29 is 23.7 Å². The van der Waals surface area contributed by atoms with Gasteiger partial charge >= 0.3 is 5.97 Å². The van der Waals surface area contributed by atoms with Gasteiger partial charge in [-0.3, -0.25) is 0 Å². The van der Waals surface area contributed by atoms with E-state index < -0.39 is 11.9 Å². The summed E-state index contributed by atoms with van der Waals surface area (Å²) in [5.74, 6) is -1.10. The maximum absolute atomic E-state index is 11.8. The lowest BCUT2D eigenvalue weighted by Crippen LogP contribution is -2.52. The number of hydrogen-bond acceptors (Lipinski definition) is 6. The van der Waals surface area contributed by atoms with Crippen LogP contribution >= 0.6 is 0 Å². The molecule has 0 aromatic heterocycles. The number of carbonyl (C=O) groups excluding carboxylic acids is 1. The van der Waals surface area contributed by atoms with Gasteiger partial charge in [0, 0.05) is 12.6 Å². The Morgan fingerprint density at radius 3 is 2.32 bits per heavy atom. The molecule has 6 heteroatoms. The fourth-order valence-corrected chi connectivity index (χ4v) is 3.99. The van der Waals surface area contributed by atoms with Crippen LogP contribution in [0, 0.1) is 0 Å². The third-order valence-electron chi connectivity index (χ3n) is 5.38. The second kappa shape index (κ2) is 9.75. The molecule has 0 unspecified atom stereocenters. The highest BCUT2D eigenvalue weighted by atomic mass is 16.8. The first-order chi connectivity index (χ1) is 15.0. The number of rotatable bonds is 9. The Hall–Kier alpha value is -2.51. The Morgan fingerprint density at radius 1 is 1.00 bits per heavy atom. The highest BCUT2D eigenvalue weighted by Gasteiger charge is 2.48. The molecule has 0 amide bonds. The first-order valence-electron chi connectivity index (χ1n) is 10.6. The summed E-state index contributed by atoms with van der Waals surface area (Å²) in [4.78, 5) is 11.8. The van der Waals surface area contributed by atoms with E-state index in [0.717, 1.165) is 11.1 Å². The third-order valence-corrected chi connectivity index (χ3v) is 5.38. The number of ether oxygens (including phenoxy) is 4. The summed E-state index contributed by atoms with van der Waals surface area (Å²) in [5.41, 5.74) is 2.24. The van der Waals surface area contributed by atoms with Gasteiger partial charge in [0.05, 0.1) is 19.3 Å². The van der Waals surface area contributed by atoms with Crippen molar-refractivity contribution in [2.45, 2.75) is 57.1 Å². The number of esters is 1. The number of cyclic esters (lactones) is 1. The van der Waals surface area contributed by atoms with Crippen LogP contribution in [-0.4, -0.2) is 42.7 Å². The van der Waals surface area contributed by atoms with Gasteiger partial charge in [-0.05, 0) is 31.1 Å². The van der Waals surface area contributed by atoms with Gasteiger partial charge in [-0.1, -0.05) is 60.7 Å². The predicted molar refractivity (Wildman–Crippen MR) is 116 cm³/mol. The zero-order valence-corrected chi connectivity index (χ0v) is 17.9. The van der Waals surface area contributed by atoms with Crippen LogP contribution in [-0.2, 0) is 36.9 Å². The second-order valence-corrected chi connectivity index (χ2v) is 8.29. The predicted octanol–water partition coefficient (Wildman–Crippen LogP) is 3.36. The number of hydrogen-bond donors (Lipinski definition) is 1. The topological polar surface area (TPSA) is 66.0 Å². The fraction of sp³-hybridized carbons (Fsp3) is 0.400. The highest BCUT2D eigenvalue weighted by molar-refractivity contribution is 5.84. The SMILES string of the molecule is CC1(C)O[C@@H]([C@@H](NCc2ccccc2)[C@@H]2C=CC(=O)O2)[C@H](COCc2ccccc2)O1. The summed E-state index contributed by atoms with van der Waals surface area (Å²) in [6, 6.07) is 19.8. The Bertz CT molecular complexity index is 883. The molecule has 6 nitrogen and oxygen atoms in total. The van der Waals surface area contributed by atoms with Crippen LogP contribution in [0.25, 0.3) is 0 Å². The summed E-state index contributed by atoms with van der Waals surface area (Å²) in [5, 5.41) is 3.53. The molecule has 2 aromatic rings. The van der Waals surface area contributed by atoms with Crippen molar-refractivity contribution in [2.75, 3.05) is 6.61 Å². The van der Waals surface area contributed by atoms with Crippen LogP contribution in [0.2, 0.25) is 0 Å². The molecule has 2 aromatic carbocycles. The Labute approximate surface area is 183 Å². The number of nitrogens with one attached hydrogen (secondary N) is 1. The number of carbonyl (C=O) groups is 1. The van der Waals surface area contributed by atoms with Gasteiger partial charge in [0.15, 0.2) is 5.79 Å². The standard InChI is InChI=1S/C25H29NO5/c1-25(2)30-21(17-28-16-19-11-7-4-8-12-19)24(31-25)23(20-13-14-22(27)29-20)26-15-18-9-5-3-6-10-18/h3-14,20-21,23-24,26H,15-17H2,1-2H3/t20-,21-,23-,24+/m0/s1. The Balaban J connectivity index is 1.46. The molecule has 0 aliphatic carbocycles. The van der Waals surface area contributed by atoms with Crippen molar-refractivity contribution in [2.24, 2.45) is 0 Å². The van der Waals surface area contributed by atoms with Crippen LogP contribution in [0.4, 0.5) is 0 Å². The van der Waals surface area contributed by atoms with Crippen molar-refractivity contribution in [3.63, 3.8) is 0 Å². The van der Waals surface area contributed by atoms with Crippen LogP contribution in [0.5, 0.6) is 0 Å². The van der Waals surface area contributed by atoms with Crippen molar-refractivity contribution in [1.29, 1.82) is 0 Å². The molecule has 164 valence electrons. The van der Waals surface area contributed by atoms with Gasteiger partial charge in [0.2, 0.25) is 0 Å². The van der Waals surface area contributed by atoms with Crippen molar-refractivity contribution >= 4 is 5.97 Å². The molecule has 0 radical (unpaired) electrons. The van der Waals surface area contributed by atoms with Crippen molar-refractivity contribution in [3.05, 3.63) is 83.9 Å². The molecule has 4 atom stereocenters. The average molecular weight is 424 g/mol. The molecule has 31 heavy (non-hydrogen) atoms. The molecule has 1 saturated heterocycles. The fourth-order valence-electron chi connectivity index (χ4n) is 3.99. The summed E-state index contributed by atoms with van der Waals surface area (Å²) in [7, 11) is 0. The monoisotopic (exact) mass is 423 g/mol. The van der Waals surface area contributed by atoms with Crippen LogP contribution in [0.3, 0.4) is 0 Å². The van der Waals surface area contributed by atoms with Gasteiger partial charge in [0.25, 0.3) is 0 Å². The molecular weight excluding hydrogens is 394 g/mol. The Morgan fingerprint density at radius 2 is 1.68 bits per heavy atom.